The van der Waals surface area contributed by atoms with Crippen LogP contribution >= 0.6 is 0 Å². The monoisotopic (exact) mass is 459 g/mol. The number of piperidine rings is 1. The zero-order valence-electron chi connectivity index (χ0n) is 19.1. The Balaban J connectivity index is 1.13. The smallest absolute Gasteiger partial charge is 0.184 e. The van der Waals surface area contributed by atoms with Crippen LogP contribution in [0.5, 0.6) is 11.5 Å². The van der Waals surface area contributed by atoms with Gasteiger partial charge in [-0.1, -0.05) is 30.3 Å². The number of rotatable bonds is 4. The van der Waals surface area contributed by atoms with Gasteiger partial charge in [-0.3, -0.25) is 4.90 Å². The summed E-state index contributed by atoms with van der Waals surface area (Å²) in [6.45, 7) is 4.37. The van der Waals surface area contributed by atoms with E-state index < -0.39 is 6.10 Å². The second-order valence-electron chi connectivity index (χ2n) is 9.07. The number of benzene rings is 2. The number of nitrogens with zero attached hydrogens (tertiary/aromatic N) is 4. The number of β-amino-alcohol motifs (C(OH)–C–C–N with tert-alkyl or cyclic N) is 1. The Morgan fingerprint density at radius 2 is 1.85 bits per heavy atom. The molecular formula is C26H29N5O3. The molecule has 0 radical (unpaired) electrons. The van der Waals surface area contributed by atoms with Crippen LogP contribution in [0.2, 0.25) is 0 Å². The summed E-state index contributed by atoms with van der Waals surface area (Å²) in [4.78, 5) is 13.5. The van der Waals surface area contributed by atoms with Gasteiger partial charge in [0.15, 0.2) is 11.5 Å². The number of anilines is 3. The van der Waals surface area contributed by atoms with Crippen LogP contribution in [0.15, 0.2) is 54.9 Å². The van der Waals surface area contributed by atoms with Gasteiger partial charge in [0.25, 0.3) is 0 Å². The summed E-state index contributed by atoms with van der Waals surface area (Å²) < 4.78 is 11.5. The maximum absolute atomic E-state index is 11.1. The van der Waals surface area contributed by atoms with E-state index in [0.29, 0.717) is 31.3 Å². The van der Waals surface area contributed by atoms with E-state index >= 15 is 0 Å². The van der Waals surface area contributed by atoms with Crippen molar-refractivity contribution in [2.45, 2.75) is 31.5 Å². The lowest BCUT2D eigenvalue weighted by molar-refractivity contribution is 0.0293. The van der Waals surface area contributed by atoms with Crippen molar-refractivity contribution in [1.82, 2.24) is 14.9 Å². The number of fused-ring (bicyclic) bond motifs is 2. The predicted molar refractivity (Wildman–Crippen MR) is 130 cm³/mol. The molecule has 2 N–H and O–H groups in total. The van der Waals surface area contributed by atoms with Crippen LogP contribution in [0.4, 0.5) is 17.3 Å². The van der Waals surface area contributed by atoms with E-state index in [9.17, 15) is 5.11 Å². The molecule has 0 aliphatic carbocycles. The molecule has 8 nitrogen and oxygen atoms in total. The number of ether oxygens (including phenoxy) is 2. The molecule has 0 amide bonds. The van der Waals surface area contributed by atoms with Gasteiger partial charge in [0.05, 0.1) is 11.8 Å². The highest BCUT2D eigenvalue weighted by Gasteiger charge is 2.34. The molecule has 6 rings (SSSR count). The Labute approximate surface area is 199 Å². The lowest BCUT2D eigenvalue weighted by atomic mass is 9.94. The van der Waals surface area contributed by atoms with Gasteiger partial charge >= 0.3 is 0 Å². The Morgan fingerprint density at radius 1 is 0.971 bits per heavy atom. The average molecular weight is 460 g/mol. The van der Waals surface area contributed by atoms with Gasteiger partial charge < -0.3 is 24.8 Å². The van der Waals surface area contributed by atoms with E-state index in [1.165, 1.54) is 11.1 Å². The second kappa shape index (κ2) is 9.12. The van der Waals surface area contributed by atoms with Gasteiger partial charge in [-0.05, 0) is 36.1 Å². The van der Waals surface area contributed by atoms with Crippen molar-refractivity contribution < 1.29 is 14.6 Å². The molecule has 1 fully saturated rings. The normalized spacial score (nSPS) is 22.2. The van der Waals surface area contributed by atoms with Crippen LogP contribution in [0.3, 0.4) is 0 Å². The number of para-hydroxylation sites is 1. The Morgan fingerprint density at radius 3 is 2.76 bits per heavy atom. The molecule has 2 aromatic carbocycles. The van der Waals surface area contributed by atoms with Crippen LogP contribution in [0, 0.1) is 0 Å². The molecular weight excluding hydrogens is 430 g/mol. The van der Waals surface area contributed by atoms with Crippen LogP contribution in [-0.2, 0) is 13.0 Å². The number of aliphatic hydroxyl groups excluding tert-OH is 1. The lowest BCUT2D eigenvalue weighted by Gasteiger charge is -2.43. The van der Waals surface area contributed by atoms with Crippen molar-refractivity contribution in [3.05, 3.63) is 66.0 Å². The SMILES string of the molecule is O[C@@H]1CN(c2cc(Nc3cccc4c3OCCO4)ncn2)CC[C@H]1N1CCc2ccccc2C1. The fraction of sp³-hybridized carbons (Fsp3) is 0.385. The summed E-state index contributed by atoms with van der Waals surface area (Å²) in [5.74, 6) is 2.92. The van der Waals surface area contributed by atoms with E-state index in [1.54, 1.807) is 6.33 Å². The van der Waals surface area contributed by atoms with E-state index in [1.807, 2.05) is 24.3 Å². The number of aliphatic hydroxyl groups is 1. The van der Waals surface area contributed by atoms with Crippen molar-refractivity contribution in [1.29, 1.82) is 0 Å². The first-order valence-electron chi connectivity index (χ1n) is 12.0. The molecule has 8 heteroatoms. The van der Waals surface area contributed by atoms with Gasteiger partial charge in [-0.15, -0.1) is 0 Å². The maximum atomic E-state index is 11.1. The van der Waals surface area contributed by atoms with Gasteiger partial charge in [0, 0.05) is 38.3 Å². The molecule has 34 heavy (non-hydrogen) atoms. The lowest BCUT2D eigenvalue weighted by Crippen LogP contribution is -2.55. The molecule has 4 heterocycles. The molecule has 1 saturated heterocycles. The molecule has 2 atom stereocenters. The van der Waals surface area contributed by atoms with Gasteiger partial charge in [0.1, 0.15) is 31.2 Å². The predicted octanol–water partition coefficient (Wildman–Crippen LogP) is 2.99. The summed E-state index contributed by atoms with van der Waals surface area (Å²) in [5, 5.41) is 14.4. The Kier molecular flexibility index (Phi) is 5.68. The van der Waals surface area contributed by atoms with Crippen molar-refractivity contribution in [3.8, 4) is 11.5 Å². The van der Waals surface area contributed by atoms with Crippen LogP contribution in [0.1, 0.15) is 17.5 Å². The molecule has 3 aliphatic rings. The highest BCUT2D eigenvalue weighted by molar-refractivity contribution is 5.69. The quantitative estimate of drug-likeness (QED) is 0.616. The largest absolute Gasteiger partial charge is 0.486 e. The van der Waals surface area contributed by atoms with Gasteiger partial charge in [-0.2, -0.15) is 0 Å². The highest BCUT2D eigenvalue weighted by Crippen LogP contribution is 2.38. The minimum atomic E-state index is -0.433. The zero-order chi connectivity index (χ0) is 22.9. The summed E-state index contributed by atoms with van der Waals surface area (Å²) in [6.07, 6.45) is 3.07. The molecule has 0 bridgehead atoms. The highest BCUT2D eigenvalue weighted by atomic mass is 16.6. The number of nitrogens with one attached hydrogen (secondary N) is 1. The fourth-order valence-corrected chi connectivity index (χ4v) is 5.25. The minimum Gasteiger partial charge on any atom is -0.486 e. The van der Waals surface area contributed by atoms with Crippen LogP contribution in [-0.4, -0.2) is 65.0 Å². The van der Waals surface area contributed by atoms with E-state index in [-0.39, 0.29) is 6.04 Å². The Hall–Kier alpha value is -3.36. The average Bonchev–Trinajstić information content (AvgIpc) is 2.89. The number of hydrogen-bond donors (Lipinski definition) is 2. The molecule has 3 aliphatic heterocycles. The number of aromatic nitrogens is 2. The van der Waals surface area contributed by atoms with Gasteiger partial charge in [0.2, 0.25) is 0 Å². The minimum absolute atomic E-state index is 0.164. The van der Waals surface area contributed by atoms with E-state index in [4.69, 9.17) is 9.47 Å². The second-order valence-corrected chi connectivity index (χ2v) is 9.07. The first-order valence-corrected chi connectivity index (χ1v) is 12.0. The maximum Gasteiger partial charge on any atom is 0.184 e. The molecule has 1 aromatic heterocycles. The van der Waals surface area contributed by atoms with Crippen LogP contribution < -0.4 is 19.7 Å². The number of hydrogen-bond acceptors (Lipinski definition) is 8. The van der Waals surface area contributed by atoms with Crippen molar-refractivity contribution >= 4 is 17.3 Å². The first-order chi connectivity index (χ1) is 16.7. The fourth-order valence-electron chi connectivity index (χ4n) is 5.25. The third-order valence-corrected chi connectivity index (χ3v) is 6.98. The topological polar surface area (TPSA) is 83.0 Å². The zero-order valence-corrected chi connectivity index (χ0v) is 19.1. The molecule has 0 spiro atoms. The van der Waals surface area contributed by atoms with Gasteiger partial charge in [-0.25, -0.2) is 9.97 Å². The van der Waals surface area contributed by atoms with Crippen LogP contribution in [0.25, 0.3) is 0 Å². The Bertz CT molecular complexity index is 1170. The standard InChI is InChI=1S/C26H29N5O3/c32-22-16-31(11-9-21(22)30-10-8-18-4-1-2-5-19(18)15-30)25-14-24(27-17-28-25)29-20-6-3-7-23-26(20)34-13-12-33-23/h1-7,14,17,21-22,32H,8-13,15-16H2,(H,27,28,29)/t21-,22-/m1/s1. The molecule has 176 valence electrons. The molecule has 0 unspecified atom stereocenters. The molecule has 0 saturated carbocycles. The summed E-state index contributed by atoms with van der Waals surface area (Å²) in [7, 11) is 0. The third kappa shape index (κ3) is 4.15. The van der Waals surface area contributed by atoms with Crippen molar-refractivity contribution in [2.24, 2.45) is 0 Å². The van der Waals surface area contributed by atoms with E-state index in [2.05, 4.69) is 49.4 Å². The first kappa shape index (κ1) is 21.2. The summed E-state index contributed by atoms with van der Waals surface area (Å²) in [6, 6.07) is 16.5. The van der Waals surface area contributed by atoms with Crippen molar-refractivity contribution in [2.75, 3.05) is 43.1 Å². The summed E-state index contributed by atoms with van der Waals surface area (Å²) in [5.41, 5.74) is 3.63. The summed E-state index contributed by atoms with van der Waals surface area (Å²) >= 11 is 0. The van der Waals surface area contributed by atoms with Crippen molar-refractivity contribution in [3.63, 3.8) is 0 Å². The third-order valence-electron chi connectivity index (χ3n) is 6.98. The molecule has 3 aromatic rings. The van der Waals surface area contributed by atoms with E-state index in [0.717, 1.165) is 49.7 Å².